The topological polar surface area (TPSA) is 62.2 Å². The van der Waals surface area contributed by atoms with Gasteiger partial charge in [-0.25, -0.2) is 0 Å². The van der Waals surface area contributed by atoms with Crippen LogP contribution in [0.15, 0.2) is 24.5 Å². The normalized spacial score (nSPS) is 23.8. The lowest BCUT2D eigenvalue weighted by Crippen LogP contribution is -2.29. The number of aliphatic carboxylic acids is 1. The van der Waals surface area contributed by atoms with Crippen LogP contribution >= 0.6 is 0 Å². The smallest absolute Gasteiger partial charge is 0.320 e. The van der Waals surface area contributed by atoms with Crippen molar-refractivity contribution in [3.8, 4) is 0 Å². The van der Waals surface area contributed by atoms with Crippen molar-refractivity contribution in [2.75, 3.05) is 6.54 Å². The summed E-state index contributed by atoms with van der Waals surface area (Å²) in [6, 6.07) is 3.74. The first-order chi connectivity index (χ1) is 8.25. The fraction of sp³-hybridized carbons (Fsp3) is 0.538. The SMILES string of the molecule is O=C(O)C1CC(CCCc2ccncc2)CN1. The summed E-state index contributed by atoms with van der Waals surface area (Å²) in [6.45, 7) is 0.841. The minimum atomic E-state index is -0.721. The molecule has 1 aromatic rings. The van der Waals surface area contributed by atoms with Gasteiger partial charge >= 0.3 is 5.97 Å². The van der Waals surface area contributed by atoms with E-state index in [1.165, 1.54) is 5.56 Å². The zero-order valence-corrected chi connectivity index (χ0v) is 9.80. The molecule has 0 amide bonds. The Hall–Kier alpha value is -1.42. The molecule has 0 bridgehead atoms. The van der Waals surface area contributed by atoms with E-state index < -0.39 is 5.97 Å². The van der Waals surface area contributed by atoms with E-state index in [9.17, 15) is 4.79 Å². The number of carbonyl (C=O) groups is 1. The van der Waals surface area contributed by atoms with Gasteiger partial charge in [0, 0.05) is 12.4 Å². The molecule has 17 heavy (non-hydrogen) atoms. The fourth-order valence-electron chi connectivity index (χ4n) is 2.36. The second kappa shape index (κ2) is 5.77. The van der Waals surface area contributed by atoms with E-state index >= 15 is 0 Å². The van der Waals surface area contributed by atoms with E-state index in [1.807, 2.05) is 24.5 Å². The summed E-state index contributed by atoms with van der Waals surface area (Å²) in [5.41, 5.74) is 1.31. The Balaban J connectivity index is 1.68. The van der Waals surface area contributed by atoms with E-state index in [0.29, 0.717) is 5.92 Å². The molecule has 1 aliphatic heterocycles. The molecule has 0 radical (unpaired) electrons. The van der Waals surface area contributed by atoms with Crippen molar-refractivity contribution >= 4 is 5.97 Å². The minimum absolute atomic E-state index is 0.332. The fourth-order valence-corrected chi connectivity index (χ4v) is 2.36. The average molecular weight is 234 g/mol. The Bertz CT molecular complexity index is 367. The standard InChI is InChI=1S/C13H18N2O2/c16-13(17)12-8-11(9-15-12)3-1-2-10-4-6-14-7-5-10/h4-7,11-12,15H,1-3,8-9H2,(H,16,17). The number of hydrogen-bond acceptors (Lipinski definition) is 3. The van der Waals surface area contributed by atoms with Crippen LogP contribution in [0.1, 0.15) is 24.8 Å². The third kappa shape index (κ3) is 3.53. The quantitative estimate of drug-likeness (QED) is 0.809. The summed E-state index contributed by atoms with van der Waals surface area (Å²) in [5, 5.41) is 11.9. The molecule has 2 rings (SSSR count). The molecule has 4 nitrogen and oxygen atoms in total. The molecule has 2 heterocycles. The third-order valence-corrected chi connectivity index (χ3v) is 3.35. The van der Waals surface area contributed by atoms with Crippen LogP contribution in [0.3, 0.4) is 0 Å². The number of hydrogen-bond donors (Lipinski definition) is 2. The largest absolute Gasteiger partial charge is 0.480 e. The van der Waals surface area contributed by atoms with Gasteiger partial charge in [0.05, 0.1) is 0 Å². The van der Waals surface area contributed by atoms with E-state index in [0.717, 1.165) is 32.2 Å². The highest BCUT2D eigenvalue weighted by molar-refractivity contribution is 5.73. The summed E-state index contributed by atoms with van der Waals surface area (Å²) in [7, 11) is 0. The van der Waals surface area contributed by atoms with E-state index in [4.69, 9.17) is 5.11 Å². The minimum Gasteiger partial charge on any atom is -0.480 e. The number of carboxylic acids is 1. The summed E-state index contributed by atoms with van der Waals surface area (Å²) in [5.74, 6) is -0.209. The molecule has 0 spiro atoms. The van der Waals surface area contributed by atoms with E-state index in [1.54, 1.807) is 0 Å². The van der Waals surface area contributed by atoms with E-state index in [2.05, 4.69) is 10.3 Å². The van der Waals surface area contributed by atoms with Gasteiger partial charge in [-0.05, 0) is 55.8 Å². The van der Waals surface area contributed by atoms with E-state index in [-0.39, 0.29) is 6.04 Å². The molecule has 1 fully saturated rings. The first-order valence-corrected chi connectivity index (χ1v) is 6.11. The highest BCUT2D eigenvalue weighted by atomic mass is 16.4. The molecule has 92 valence electrons. The van der Waals surface area contributed by atoms with Gasteiger partial charge in [0.25, 0.3) is 0 Å². The number of aryl methyl sites for hydroxylation is 1. The maximum Gasteiger partial charge on any atom is 0.320 e. The van der Waals surface area contributed by atoms with Gasteiger partial charge in [0.1, 0.15) is 6.04 Å². The maximum atomic E-state index is 10.8. The molecular formula is C13H18N2O2. The molecule has 0 aliphatic carbocycles. The lowest BCUT2D eigenvalue weighted by atomic mass is 9.97. The van der Waals surface area contributed by atoms with Crippen molar-refractivity contribution in [2.24, 2.45) is 5.92 Å². The first-order valence-electron chi connectivity index (χ1n) is 6.11. The Labute approximate surface area is 101 Å². The summed E-state index contributed by atoms with van der Waals surface area (Å²) >= 11 is 0. The second-order valence-corrected chi connectivity index (χ2v) is 4.65. The van der Waals surface area contributed by atoms with Crippen LogP contribution in [0, 0.1) is 5.92 Å². The summed E-state index contributed by atoms with van der Waals surface area (Å²) < 4.78 is 0. The van der Waals surface area contributed by atoms with Crippen LogP contribution in [0.5, 0.6) is 0 Å². The summed E-state index contributed by atoms with van der Waals surface area (Å²) in [6.07, 6.45) is 7.66. The molecule has 2 N–H and O–H groups in total. The highest BCUT2D eigenvalue weighted by Gasteiger charge is 2.28. The van der Waals surface area contributed by atoms with Crippen LogP contribution in [0.2, 0.25) is 0 Å². The molecule has 2 atom stereocenters. The molecule has 0 aromatic carbocycles. The van der Waals surface area contributed by atoms with Crippen LogP contribution in [0.25, 0.3) is 0 Å². The van der Waals surface area contributed by atoms with Crippen molar-refractivity contribution in [3.63, 3.8) is 0 Å². The van der Waals surface area contributed by atoms with Gasteiger partial charge in [0.2, 0.25) is 0 Å². The Kier molecular flexibility index (Phi) is 4.09. The van der Waals surface area contributed by atoms with Gasteiger partial charge < -0.3 is 10.4 Å². The Morgan fingerprint density at radius 1 is 1.47 bits per heavy atom. The predicted molar refractivity (Wildman–Crippen MR) is 64.7 cm³/mol. The molecule has 0 saturated carbocycles. The lowest BCUT2D eigenvalue weighted by molar-refractivity contribution is -0.139. The number of aromatic nitrogens is 1. The van der Waals surface area contributed by atoms with Crippen molar-refractivity contribution < 1.29 is 9.90 Å². The first kappa shape index (κ1) is 12.0. The second-order valence-electron chi connectivity index (χ2n) is 4.65. The molecule has 1 aliphatic rings. The van der Waals surface area contributed by atoms with Crippen LogP contribution in [-0.2, 0) is 11.2 Å². The molecule has 1 aromatic heterocycles. The van der Waals surface area contributed by atoms with Gasteiger partial charge in [-0.2, -0.15) is 0 Å². The zero-order valence-electron chi connectivity index (χ0n) is 9.80. The predicted octanol–water partition coefficient (Wildman–Crippen LogP) is 1.47. The van der Waals surface area contributed by atoms with Gasteiger partial charge in [-0.15, -0.1) is 0 Å². The highest BCUT2D eigenvalue weighted by Crippen LogP contribution is 2.20. The third-order valence-electron chi connectivity index (χ3n) is 3.35. The molecule has 4 heteroatoms. The van der Waals surface area contributed by atoms with Crippen LogP contribution in [0.4, 0.5) is 0 Å². The van der Waals surface area contributed by atoms with Crippen molar-refractivity contribution in [1.29, 1.82) is 0 Å². The van der Waals surface area contributed by atoms with Crippen LogP contribution in [-0.4, -0.2) is 28.6 Å². The number of pyridine rings is 1. The van der Waals surface area contributed by atoms with Gasteiger partial charge in [0.15, 0.2) is 0 Å². The number of nitrogens with one attached hydrogen (secondary N) is 1. The molecule has 2 unspecified atom stereocenters. The molecule has 1 saturated heterocycles. The van der Waals surface area contributed by atoms with Crippen LogP contribution < -0.4 is 5.32 Å². The monoisotopic (exact) mass is 234 g/mol. The number of rotatable bonds is 5. The average Bonchev–Trinajstić information content (AvgIpc) is 2.79. The Morgan fingerprint density at radius 3 is 2.88 bits per heavy atom. The number of nitrogens with zero attached hydrogens (tertiary/aromatic N) is 1. The lowest BCUT2D eigenvalue weighted by Gasteiger charge is -2.07. The molecular weight excluding hydrogens is 216 g/mol. The zero-order chi connectivity index (χ0) is 12.1. The van der Waals surface area contributed by atoms with Gasteiger partial charge in [-0.1, -0.05) is 0 Å². The summed E-state index contributed by atoms with van der Waals surface area (Å²) in [4.78, 5) is 14.8. The van der Waals surface area contributed by atoms with Crippen molar-refractivity contribution in [2.45, 2.75) is 31.7 Å². The van der Waals surface area contributed by atoms with Gasteiger partial charge in [-0.3, -0.25) is 9.78 Å². The maximum absolute atomic E-state index is 10.8. The number of carboxylic acid groups (broad SMARTS) is 1. The van der Waals surface area contributed by atoms with Crippen molar-refractivity contribution in [3.05, 3.63) is 30.1 Å². The Morgan fingerprint density at radius 2 is 2.24 bits per heavy atom. The van der Waals surface area contributed by atoms with Crippen molar-refractivity contribution in [1.82, 2.24) is 10.3 Å².